The Morgan fingerprint density at radius 3 is 2.26 bits per heavy atom. The number of benzene rings is 2. The third kappa shape index (κ3) is 2.45. The zero-order valence-electron chi connectivity index (χ0n) is 14.5. The van der Waals surface area contributed by atoms with Gasteiger partial charge in [0.25, 0.3) is 17.5 Å². The first kappa shape index (κ1) is 17.9. The molecular weight excluding hydrogens is 370 g/mol. The van der Waals surface area contributed by atoms with Crippen molar-refractivity contribution >= 4 is 40.7 Å². The van der Waals surface area contributed by atoms with Gasteiger partial charge in [0.1, 0.15) is 0 Å². The van der Waals surface area contributed by atoms with E-state index in [9.17, 15) is 19.7 Å². The van der Waals surface area contributed by atoms with Gasteiger partial charge in [-0.2, -0.15) is 0 Å². The standard InChI is InChI=1S/C19H17N3O4.ClH/c23-18-13-3-1-2-12-15(22(25)26)5-4-14(17(12)13)19(24)21(18)16-10-20-8-6-11(16)7-9-20;/h1-5,11,16H,6-10H2;1H. The van der Waals surface area contributed by atoms with E-state index in [1.807, 2.05) is 0 Å². The molecule has 0 aromatic heterocycles. The van der Waals surface area contributed by atoms with Gasteiger partial charge < -0.3 is 4.90 Å². The number of fused-ring (bicyclic) bond motifs is 3. The van der Waals surface area contributed by atoms with Gasteiger partial charge in [-0.25, -0.2) is 0 Å². The maximum absolute atomic E-state index is 13.2. The highest BCUT2D eigenvalue weighted by atomic mass is 35.5. The molecule has 2 aromatic carbocycles. The van der Waals surface area contributed by atoms with Gasteiger partial charge in [0.2, 0.25) is 0 Å². The Morgan fingerprint density at radius 2 is 1.67 bits per heavy atom. The van der Waals surface area contributed by atoms with E-state index in [1.165, 1.54) is 17.0 Å². The number of imide groups is 1. The van der Waals surface area contributed by atoms with Crippen LogP contribution in [-0.2, 0) is 0 Å². The highest BCUT2D eigenvalue weighted by molar-refractivity contribution is 6.26. The molecule has 0 aliphatic carbocycles. The van der Waals surface area contributed by atoms with Crippen molar-refractivity contribution < 1.29 is 14.5 Å². The van der Waals surface area contributed by atoms with E-state index in [1.54, 1.807) is 18.2 Å². The fraction of sp³-hybridized carbons (Fsp3) is 0.368. The summed E-state index contributed by atoms with van der Waals surface area (Å²) in [7, 11) is 0. The minimum atomic E-state index is -0.475. The van der Waals surface area contributed by atoms with Crippen LogP contribution in [0.2, 0.25) is 0 Å². The van der Waals surface area contributed by atoms with Crippen molar-refractivity contribution in [1.29, 1.82) is 0 Å². The van der Waals surface area contributed by atoms with Gasteiger partial charge in [0.05, 0.1) is 16.4 Å². The summed E-state index contributed by atoms with van der Waals surface area (Å²) in [6.45, 7) is 2.77. The molecule has 0 saturated carbocycles. The lowest BCUT2D eigenvalue weighted by Crippen LogP contribution is -2.60. The number of rotatable bonds is 2. The molecule has 6 rings (SSSR count). The molecule has 140 valence electrons. The highest BCUT2D eigenvalue weighted by Gasteiger charge is 2.45. The predicted octanol–water partition coefficient (Wildman–Crippen LogP) is 2.86. The third-order valence-corrected chi connectivity index (χ3v) is 6.07. The Morgan fingerprint density at radius 1 is 1.00 bits per heavy atom. The van der Waals surface area contributed by atoms with Crippen LogP contribution in [0.4, 0.5) is 5.69 Å². The monoisotopic (exact) mass is 387 g/mol. The SMILES string of the molecule is Cl.O=C1c2cccc3c([N+](=O)[O-])ccc(c23)C(=O)N1C1CN2CCC1CC2. The number of hydrogen-bond acceptors (Lipinski definition) is 5. The Labute approximate surface area is 161 Å². The van der Waals surface area contributed by atoms with Crippen LogP contribution in [0.25, 0.3) is 10.8 Å². The highest BCUT2D eigenvalue weighted by Crippen LogP contribution is 2.39. The molecule has 0 radical (unpaired) electrons. The van der Waals surface area contributed by atoms with Crippen molar-refractivity contribution in [2.24, 2.45) is 5.92 Å². The van der Waals surface area contributed by atoms with Crippen molar-refractivity contribution in [2.75, 3.05) is 19.6 Å². The van der Waals surface area contributed by atoms with Crippen molar-refractivity contribution in [3.05, 3.63) is 51.6 Å². The zero-order valence-corrected chi connectivity index (χ0v) is 15.3. The smallest absolute Gasteiger partial charge is 0.277 e. The Bertz CT molecular complexity index is 962. The largest absolute Gasteiger partial charge is 0.301 e. The lowest BCUT2D eigenvalue weighted by atomic mass is 9.81. The van der Waals surface area contributed by atoms with Crippen LogP contribution < -0.4 is 0 Å². The number of carbonyl (C=O) groups is 2. The van der Waals surface area contributed by atoms with E-state index in [0.29, 0.717) is 27.8 Å². The molecule has 2 aromatic rings. The number of hydrogen-bond donors (Lipinski definition) is 0. The molecule has 4 aliphatic heterocycles. The van der Waals surface area contributed by atoms with Crippen LogP contribution in [0.1, 0.15) is 33.6 Å². The molecule has 2 bridgehead atoms. The van der Waals surface area contributed by atoms with E-state index >= 15 is 0 Å². The van der Waals surface area contributed by atoms with Crippen molar-refractivity contribution in [1.82, 2.24) is 9.80 Å². The topological polar surface area (TPSA) is 83.8 Å². The maximum Gasteiger partial charge on any atom is 0.277 e. The lowest BCUT2D eigenvalue weighted by molar-refractivity contribution is -0.383. The van der Waals surface area contributed by atoms with Gasteiger partial charge in [-0.1, -0.05) is 6.07 Å². The molecule has 1 unspecified atom stereocenters. The van der Waals surface area contributed by atoms with Gasteiger partial charge in [0, 0.05) is 29.1 Å². The van der Waals surface area contributed by atoms with Gasteiger partial charge in [-0.15, -0.1) is 12.4 Å². The van der Waals surface area contributed by atoms with Crippen LogP contribution in [0, 0.1) is 16.0 Å². The van der Waals surface area contributed by atoms with Gasteiger partial charge in [0.15, 0.2) is 0 Å². The number of piperidine rings is 3. The molecular formula is C19H18ClN3O4. The summed E-state index contributed by atoms with van der Waals surface area (Å²) in [5.41, 5.74) is 0.692. The van der Waals surface area contributed by atoms with Crippen LogP contribution in [0.3, 0.4) is 0 Å². The summed E-state index contributed by atoms with van der Waals surface area (Å²) in [6.07, 6.45) is 2.00. The number of nitro groups is 1. The summed E-state index contributed by atoms with van der Waals surface area (Å²) in [5, 5.41) is 12.1. The number of nitrogens with zero attached hydrogens (tertiary/aromatic N) is 3. The first-order valence-corrected chi connectivity index (χ1v) is 8.86. The summed E-state index contributed by atoms with van der Waals surface area (Å²) < 4.78 is 0. The average Bonchev–Trinajstić information content (AvgIpc) is 2.66. The Balaban J connectivity index is 0.00000180. The van der Waals surface area contributed by atoms with Gasteiger partial charge in [-0.3, -0.25) is 24.6 Å². The summed E-state index contributed by atoms with van der Waals surface area (Å²) in [4.78, 5) is 40.9. The van der Waals surface area contributed by atoms with Crippen LogP contribution in [0.15, 0.2) is 30.3 Å². The van der Waals surface area contributed by atoms with Crippen LogP contribution >= 0.6 is 12.4 Å². The second-order valence-electron chi connectivity index (χ2n) is 7.30. The van der Waals surface area contributed by atoms with Crippen LogP contribution in [0.5, 0.6) is 0 Å². The second kappa shape index (κ2) is 6.28. The second-order valence-corrected chi connectivity index (χ2v) is 7.30. The number of halogens is 1. The fourth-order valence-electron chi connectivity index (χ4n) is 4.79. The molecule has 0 spiro atoms. The summed E-state index contributed by atoms with van der Waals surface area (Å²) in [6, 6.07) is 7.66. The van der Waals surface area contributed by atoms with E-state index in [0.717, 1.165) is 32.5 Å². The zero-order chi connectivity index (χ0) is 18.0. The van der Waals surface area contributed by atoms with E-state index in [-0.39, 0.29) is 36.0 Å². The minimum Gasteiger partial charge on any atom is -0.301 e. The molecule has 2 amide bonds. The van der Waals surface area contributed by atoms with Crippen molar-refractivity contribution in [2.45, 2.75) is 18.9 Å². The number of non-ortho nitro benzene ring substituents is 1. The van der Waals surface area contributed by atoms with E-state index < -0.39 is 4.92 Å². The molecule has 3 fully saturated rings. The average molecular weight is 388 g/mol. The van der Waals surface area contributed by atoms with Crippen molar-refractivity contribution in [3.8, 4) is 0 Å². The molecule has 27 heavy (non-hydrogen) atoms. The molecule has 0 N–H and O–H groups in total. The molecule has 7 nitrogen and oxygen atoms in total. The molecule has 4 aliphatic rings. The maximum atomic E-state index is 13.2. The minimum absolute atomic E-state index is 0. The normalized spacial score (nSPS) is 26.2. The van der Waals surface area contributed by atoms with E-state index in [4.69, 9.17) is 0 Å². The van der Waals surface area contributed by atoms with Gasteiger partial charge >= 0.3 is 0 Å². The number of nitro benzene ring substituents is 1. The summed E-state index contributed by atoms with van der Waals surface area (Å²) in [5.74, 6) is -0.314. The van der Waals surface area contributed by atoms with Crippen molar-refractivity contribution in [3.63, 3.8) is 0 Å². The Hall–Kier alpha value is -2.51. The van der Waals surface area contributed by atoms with Gasteiger partial charge in [-0.05, 0) is 50.0 Å². The Kier molecular flexibility index (Phi) is 4.16. The fourth-order valence-corrected chi connectivity index (χ4v) is 4.79. The number of amides is 2. The lowest BCUT2D eigenvalue weighted by Gasteiger charge is -2.48. The molecule has 3 saturated heterocycles. The number of carbonyl (C=O) groups excluding carboxylic acids is 2. The summed E-state index contributed by atoms with van der Waals surface area (Å²) >= 11 is 0. The predicted molar refractivity (Wildman–Crippen MR) is 101 cm³/mol. The third-order valence-electron chi connectivity index (χ3n) is 6.07. The van der Waals surface area contributed by atoms with E-state index in [2.05, 4.69) is 4.90 Å². The first-order chi connectivity index (χ1) is 12.6. The van der Waals surface area contributed by atoms with Crippen LogP contribution in [-0.4, -0.2) is 52.2 Å². The molecule has 4 heterocycles. The quantitative estimate of drug-likeness (QED) is 0.449. The first-order valence-electron chi connectivity index (χ1n) is 8.86. The molecule has 1 atom stereocenters. The molecule has 8 heteroatoms.